The molecular weight excluding hydrogens is 416 g/mol. The molecule has 166 valence electrons. The first-order valence-corrected chi connectivity index (χ1v) is 11.8. The summed E-state index contributed by atoms with van der Waals surface area (Å²) in [5, 5.41) is 4.35. The van der Waals surface area contributed by atoms with E-state index in [2.05, 4.69) is 76.9 Å². The largest absolute Gasteiger partial charge is 0.376 e. The van der Waals surface area contributed by atoms with Crippen molar-refractivity contribution in [3.63, 3.8) is 0 Å². The van der Waals surface area contributed by atoms with Gasteiger partial charge in [0.2, 0.25) is 0 Å². The maximum absolute atomic E-state index is 5.98. The molecule has 1 aromatic carbocycles. The van der Waals surface area contributed by atoms with Crippen LogP contribution in [-0.2, 0) is 4.74 Å². The molecule has 0 aliphatic carbocycles. The van der Waals surface area contributed by atoms with Gasteiger partial charge < -0.3 is 19.5 Å². The second-order valence-electron chi connectivity index (χ2n) is 8.91. The summed E-state index contributed by atoms with van der Waals surface area (Å²) in [5.74, 6) is 0. The molecule has 0 bridgehead atoms. The van der Waals surface area contributed by atoms with Crippen molar-refractivity contribution in [2.24, 2.45) is 0 Å². The summed E-state index contributed by atoms with van der Waals surface area (Å²) < 4.78 is 8.32. The van der Waals surface area contributed by atoms with Crippen molar-refractivity contribution < 1.29 is 4.74 Å². The van der Waals surface area contributed by atoms with Gasteiger partial charge in [0.1, 0.15) is 0 Å². The summed E-state index contributed by atoms with van der Waals surface area (Å²) in [6, 6.07) is 17.2. The molecule has 5 nitrogen and oxygen atoms in total. The highest BCUT2D eigenvalue weighted by molar-refractivity contribution is 7.80. The minimum Gasteiger partial charge on any atom is -0.376 e. The van der Waals surface area contributed by atoms with E-state index in [1.807, 2.05) is 18.3 Å². The Kier molecular flexibility index (Phi) is 5.74. The quantitative estimate of drug-likeness (QED) is 0.562. The van der Waals surface area contributed by atoms with Crippen LogP contribution in [-0.4, -0.2) is 38.8 Å². The molecule has 2 fully saturated rings. The van der Waals surface area contributed by atoms with E-state index in [9.17, 15) is 0 Å². The van der Waals surface area contributed by atoms with E-state index in [0.717, 1.165) is 36.8 Å². The lowest BCUT2D eigenvalue weighted by Crippen LogP contribution is -2.36. The minimum atomic E-state index is -0.00271. The van der Waals surface area contributed by atoms with Gasteiger partial charge in [0, 0.05) is 36.4 Å². The van der Waals surface area contributed by atoms with Crippen LogP contribution >= 0.6 is 12.2 Å². The van der Waals surface area contributed by atoms with Crippen molar-refractivity contribution in [3.05, 3.63) is 82.9 Å². The SMILES string of the molecule is Cc1ccc(-n2c(C)cc([C@@H]3[C@@H](c4ccccn4)NC(=S)N3C[C@@H]3CCCO3)c2C)cc1. The van der Waals surface area contributed by atoms with Crippen LogP contribution in [0.1, 0.15) is 53.1 Å². The Morgan fingerprint density at radius 3 is 2.62 bits per heavy atom. The fourth-order valence-electron chi connectivity index (χ4n) is 5.13. The average molecular weight is 447 g/mol. The van der Waals surface area contributed by atoms with Crippen molar-refractivity contribution >= 4 is 17.3 Å². The van der Waals surface area contributed by atoms with Crippen LogP contribution in [0.5, 0.6) is 0 Å². The van der Waals surface area contributed by atoms with Crippen molar-refractivity contribution in [2.75, 3.05) is 13.2 Å². The first-order chi connectivity index (χ1) is 15.5. The zero-order valence-electron chi connectivity index (χ0n) is 18.9. The van der Waals surface area contributed by atoms with Crippen LogP contribution in [0.4, 0.5) is 0 Å². The van der Waals surface area contributed by atoms with Gasteiger partial charge in [0.25, 0.3) is 0 Å². The highest BCUT2D eigenvalue weighted by Crippen LogP contribution is 2.41. The van der Waals surface area contributed by atoms with Crippen LogP contribution in [0.3, 0.4) is 0 Å². The molecule has 5 rings (SSSR count). The van der Waals surface area contributed by atoms with E-state index >= 15 is 0 Å². The highest BCUT2D eigenvalue weighted by atomic mass is 32.1. The Balaban J connectivity index is 1.58. The summed E-state index contributed by atoms with van der Waals surface area (Å²) in [5.41, 5.74) is 7.20. The zero-order chi connectivity index (χ0) is 22.2. The predicted octanol–water partition coefficient (Wildman–Crippen LogP) is 4.95. The molecule has 0 spiro atoms. The lowest BCUT2D eigenvalue weighted by Gasteiger charge is -2.30. The number of hydrogen-bond acceptors (Lipinski definition) is 3. The summed E-state index contributed by atoms with van der Waals surface area (Å²) in [6.07, 6.45) is 4.28. The van der Waals surface area contributed by atoms with Gasteiger partial charge in [0.15, 0.2) is 5.11 Å². The number of nitrogens with zero attached hydrogens (tertiary/aromatic N) is 3. The number of rotatable bonds is 5. The Morgan fingerprint density at radius 2 is 1.94 bits per heavy atom. The normalized spacial score (nSPS) is 23.0. The average Bonchev–Trinajstić information content (AvgIpc) is 3.49. The van der Waals surface area contributed by atoms with Crippen LogP contribution < -0.4 is 5.32 Å². The molecule has 0 saturated carbocycles. The second-order valence-corrected chi connectivity index (χ2v) is 9.30. The van der Waals surface area contributed by atoms with E-state index in [1.165, 1.54) is 28.2 Å². The van der Waals surface area contributed by atoms with Crippen LogP contribution in [0.25, 0.3) is 5.69 Å². The van der Waals surface area contributed by atoms with E-state index in [-0.39, 0.29) is 18.2 Å². The third-order valence-corrected chi connectivity index (χ3v) is 7.06. The van der Waals surface area contributed by atoms with Crippen molar-refractivity contribution in [1.82, 2.24) is 19.8 Å². The Bertz CT molecular complexity index is 1100. The number of benzene rings is 1. The zero-order valence-corrected chi connectivity index (χ0v) is 19.7. The Labute approximate surface area is 195 Å². The summed E-state index contributed by atoms with van der Waals surface area (Å²) in [7, 11) is 0. The Hall–Kier alpha value is -2.70. The predicted molar refractivity (Wildman–Crippen MR) is 131 cm³/mol. The first kappa shape index (κ1) is 21.2. The molecule has 2 aliphatic heterocycles. The summed E-state index contributed by atoms with van der Waals surface area (Å²) >= 11 is 5.84. The molecule has 2 aliphatic rings. The number of ether oxygens (including phenoxy) is 1. The number of thiocarbonyl (C=S) groups is 1. The van der Waals surface area contributed by atoms with Gasteiger partial charge in [-0.15, -0.1) is 0 Å². The molecule has 2 saturated heterocycles. The number of pyridine rings is 1. The molecule has 1 N–H and O–H groups in total. The van der Waals surface area contributed by atoms with Crippen LogP contribution in [0, 0.1) is 20.8 Å². The molecule has 6 heteroatoms. The standard InChI is InChI=1S/C26H30N4OS/c1-17-9-11-20(12-10-17)30-18(2)15-22(19(30)3)25-24(23-8-4-5-13-27-23)28-26(32)29(25)16-21-7-6-14-31-21/h4-5,8-13,15,21,24-25H,6-7,14,16H2,1-3H3,(H,28,32)/t21-,24+,25+/m0/s1. The molecular formula is C26H30N4OS. The fraction of sp³-hybridized carbons (Fsp3) is 0.385. The fourth-order valence-corrected chi connectivity index (χ4v) is 5.44. The van der Waals surface area contributed by atoms with Gasteiger partial charge >= 0.3 is 0 Å². The first-order valence-electron chi connectivity index (χ1n) is 11.4. The third-order valence-electron chi connectivity index (χ3n) is 6.70. The lowest BCUT2D eigenvalue weighted by molar-refractivity contribution is 0.0842. The van der Waals surface area contributed by atoms with Gasteiger partial charge in [0.05, 0.1) is 23.9 Å². The number of hydrogen-bond donors (Lipinski definition) is 1. The van der Waals surface area contributed by atoms with Gasteiger partial charge in [-0.25, -0.2) is 0 Å². The van der Waals surface area contributed by atoms with Gasteiger partial charge in [-0.05, 0) is 81.7 Å². The molecule has 3 aromatic rings. The van der Waals surface area contributed by atoms with Crippen LogP contribution in [0.15, 0.2) is 54.7 Å². The topological polar surface area (TPSA) is 42.3 Å². The van der Waals surface area contributed by atoms with Crippen LogP contribution in [0.2, 0.25) is 0 Å². The van der Waals surface area contributed by atoms with Crippen molar-refractivity contribution in [2.45, 2.75) is 51.8 Å². The lowest BCUT2D eigenvalue weighted by atomic mass is 9.96. The smallest absolute Gasteiger partial charge is 0.170 e. The molecule has 32 heavy (non-hydrogen) atoms. The third kappa shape index (κ3) is 3.82. The molecule has 0 radical (unpaired) electrons. The minimum absolute atomic E-state index is 0.00271. The molecule has 4 heterocycles. The van der Waals surface area contributed by atoms with E-state index in [4.69, 9.17) is 17.0 Å². The molecule has 0 amide bonds. The number of aromatic nitrogens is 2. The van der Waals surface area contributed by atoms with Gasteiger partial charge in [-0.1, -0.05) is 23.8 Å². The molecule has 2 aromatic heterocycles. The van der Waals surface area contributed by atoms with Crippen molar-refractivity contribution in [3.8, 4) is 5.69 Å². The van der Waals surface area contributed by atoms with E-state index in [1.54, 1.807) is 0 Å². The monoisotopic (exact) mass is 446 g/mol. The van der Waals surface area contributed by atoms with Gasteiger partial charge in [-0.3, -0.25) is 4.98 Å². The van der Waals surface area contributed by atoms with E-state index in [0.29, 0.717) is 0 Å². The maximum Gasteiger partial charge on any atom is 0.170 e. The summed E-state index contributed by atoms with van der Waals surface area (Å²) in [6.45, 7) is 8.15. The maximum atomic E-state index is 5.98. The highest BCUT2D eigenvalue weighted by Gasteiger charge is 2.42. The second kappa shape index (κ2) is 8.68. The Morgan fingerprint density at radius 1 is 1.12 bits per heavy atom. The summed E-state index contributed by atoms with van der Waals surface area (Å²) in [4.78, 5) is 7.00. The molecule has 3 atom stereocenters. The van der Waals surface area contributed by atoms with Gasteiger partial charge in [-0.2, -0.15) is 0 Å². The van der Waals surface area contributed by atoms with E-state index < -0.39 is 0 Å². The molecule has 0 unspecified atom stereocenters. The number of aryl methyl sites for hydroxylation is 2. The number of nitrogens with one attached hydrogen (secondary N) is 1. The van der Waals surface area contributed by atoms with Crippen molar-refractivity contribution in [1.29, 1.82) is 0 Å².